The van der Waals surface area contributed by atoms with Gasteiger partial charge in [-0.15, -0.1) is 5.10 Å². The number of ether oxygens (including phenoxy) is 1. The van der Waals surface area contributed by atoms with Crippen LogP contribution in [0.15, 0.2) is 67.1 Å². The van der Waals surface area contributed by atoms with Gasteiger partial charge in [-0.1, -0.05) is 16.8 Å². The van der Waals surface area contributed by atoms with E-state index in [9.17, 15) is 0 Å². The molecule has 174 valence electrons. The van der Waals surface area contributed by atoms with E-state index in [1.165, 1.54) is 0 Å². The second kappa shape index (κ2) is 8.88. The van der Waals surface area contributed by atoms with Gasteiger partial charge >= 0.3 is 0 Å². The monoisotopic (exact) mass is 483 g/mol. The molecular formula is C26H22ClN7O. The number of rotatable bonds is 7. The van der Waals surface area contributed by atoms with Crippen LogP contribution in [0.4, 0.5) is 5.69 Å². The van der Waals surface area contributed by atoms with E-state index in [2.05, 4.69) is 30.6 Å². The number of benzene rings is 2. The predicted molar refractivity (Wildman–Crippen MR) is 138 cm³/mol. The van der Waals surface area contributed by atoms with Gasteiger partial charge in [-0.3, -0.25) is 14.6 Å². The average molecular weight is 484 g/mol. The maximum absolute atomic E-state index is 6.08. The van der Waals surface area contributed by atoms with Crippen LogP contribution < -0.4 is 10.1 Å². The maximum Gasteiger partial charge on any atom is 0.134 e. The van der Waals surface area contributed by atoms with Crippen LogP contribution in [0, 0.1) is 6.92 Å². The van der Waals surface area contributed by atoms with Crippen molar-refractivity contribution in [2.75, 3.05) is 11.9 Å². The Morgan fingerprint density at radius 1 is 1.00 bits per heavy atom. The number of hydrogen-bond acceptors (Lipinski definition) is 6. The number of aryl methyl sites for hydroxylation is 1. The molecule has 0 atom stereocenters. The molecule has 2 aromatic carbocycles. The lowest BCUT2D eigenvalue weighted by atomic mass is 10.1. The van der Waals surface area contributed by atoms with E-state index in [1.807, 2.05) is 72.5 Å². The number of nitrogens with one attached hydrogen (secondary N) is 2. The lowest BCUT2D eigenvalue weighted by molar-refractivity contribution is 0.301. The molecule has 6 aromatic rings. The van der Waals surface area contributed by atoms with Crippen LogP contribution in [-0.2, 0) is 13.2 Å². The number of hydrogen-bond donors (Lipinski definition) is 2. The van der Waals surface area contributed by atoms with Crippen LogP contribution in [0.25, 0.3) is 32.7 Å². The molecule has 0 fully saturated rings. The van der Waals surface area contributed by atoms with Crippen LogP contribution in [0.3, 0.4) is 0 Å². The van der Waals surface area contributed by atoms with Crippen LogP contribution in [0.2, 0.25) is 5.02 Å². The number of aromatic nitrogens is 6. The average Bonchev–Trinajstić information content (AvgIpc) is 3.47. The largest absolute Gasteiger partial charge is 0.487 e. The first-order valence-electron chi connectivity index (χ1n) is 11.3. The standard InChI is InChI=1S/C26H22ClN7O/c1-16-26-20(6-8-28-16)22-13-19(3-5-24(22)31-26)35-15-18-14-34(33-32-18)11-10-30-23-7-9-29-25-12-17(27)2-4-21(23)25/h2-9,12-14,31H,10-11,15H2,1H3,(H,29,30). The van der Waals surface area contributed by atoms with Gasteiger partial charge in [-0.2, -0.15) is 0 Å². The Balaban J connectivity index is 1.09. The van der Waals surface area contributed by atoms with Gasteiger partial charge in [0.05, 0.1) is 29.5 Å². The summed E-state index contributed by atoms with van der Waals surface area (Å²) in [6, 6.07) is 15.7. The van der Waals surface area contributed by atoms with Gasteiger partial charge in [-0.25, -0.2) is 0 Å². The smallest absolute Gasteiger partial charge is 0.134 e. The number of fused-ring (bicyclic) bond motifs is 4. The number of anilines is 1. The fourth-order valence-electron chi connectivity index (χ4n) is 4.28. The van der Waals surface area contributed by atoms with E-state index in [-0.39, 0.29) is 0 Å². The molecule has 0 aliphatic rings. The molecule has 0 unspecified atom stereocenters. The number of pyridine rings is 2. The Morgan fingerprint density at radius 2 is 1.91 bits per heavy atom. The highest BCUT2D eigenvalue weighted by molar-refractivity contribution is 6.31. The van der Waals surface area contributed by atoms with Crippen molar-refractivity contribution in [2.45, 2.75) is 20.1 Å². The van der Waals surface area contributed by atoms with E-state index in [0.717, 1.165) is 55.5 Å². The normalized spacial score (nSPS) is 11.5. The minimum atomic E-state index is 0.345. The van der Waals surface area contributed by atoms with Gasteiger partial charge < -0.3 is 15.0 Å². The van der Waals surface area contributed by atoms with Crippen LogP contribution in [0.1, 0.15) is 11.4 Å². The highest BCUT2D eigenvalue weighted by atomic mass is 35.5. The zero-order chi connectivity index (χ0) is 23.8. The second-order valence-electron chi connectivity index (χ2n) is 8.36. The minimum Gasteiger partial charge on any atom is -0.487 e. The first-order chi connectivity index (χ1) is 17.1. The van der Waals surface area contributed by atoms with Crippen LogP contribution in [0.5, 0.6) is 5.75 Å². The zero-order valence-electron chi connectivity index (χ0n) is 19.0. The van der Waals surface area contributed by atoms with Gasteiger partial charge in [0, 0.05) is 51.3 Å². The summed E-state index contributed by atoms with van der Waals surface area (Å²) >= 11 is 6.08. The molecule has 0 aliphatic heterocycles. The summed E-state index contributed by atoms with van der Waals surface area (Å²) in [5.41, 5.74) is 5.74. The summed E-state index contributed by atoms with van der Waals surface area (Å²) in [6.45, 7) is 3.71. The van der Waals surface area contributed by atoms with E-state index in [4.69, 9.17) is 16.3 Å². The molecule has 2 N–H and O–H groups in total. The number of halogens is 1. The van der Waals surface area contributed by atoms with Crippen molar-refractivity contribution in [1.82, 2.24) is 29.9 Å². The highest BCUT2D eigenvalue weighted by Crippen LogP contribution is 2.30. The number of nitrogens with zero attached hydrogens (tertiary/aromatic N) is 5. The minimum absolute atomic E-state index is 0.345. The Kier molecular flexibility index (Phi) is 5.42. The Labute approximate surface area is 205 Å². The molecule has 0 bridgehead atoms. The molecule has 0 radical (unpaired) electrons. The molecule has 0 spiro atoms. The maximum atomic E-state index is 6.08. The molecule has 4 heterocycles. The Morgan fingerprint density at radius 3 is 2.86 bits per heavy atom. The first kappa shape index (κ1) is 21.4. The summed E-state index contributed by atoms with van der Waals surface area (Å²) in [5.74, 6) is 0.786. The molecule has 6 rings (SSSR count). The third-order valence-electron chi connectivity index (χ3n) is 6.02. The molecule has 4 aromatic heterocycles. The van der Waals surface area contributed by atoms with Gasteiger partial charge in [0.15, 0.2) is 0 Å². The first-order valence-corrected chi connectivity index (χ1v) is 11.7. The fourth-order valence-corrected chi connectivity index (χ4v) is 4.45. The fraction of sp³-hybridized carbons (Fsp3) is 0.154. The second-order valence-corrected chi connectivity index (χ2v) is 8.80. The molecule has 0 aliphatic carbocycles. The van der Waals surface area contributed by atoms with Crippen molar-refractivity contribution in [2.24, 2.45) is 0 Å². The summed E-state index contributed by atoms with van der Waals surface area (Å²) in [7, 11) is 0. The zero-order valence-corrected chi connectivity index (χ0v) is 19.8. The Hall–Kier alpha value is -4.17. The topological polar surface area (TPSA) is 93.5 Å². The molecule has 8 nitrogen and oxygen atoms in total. The van der Waals surface area contributed by atoms with Gasteiger partial charge in [0.2, 0.25) is 0 Å². The summed E-state index contributed by atoms with van der Waals surface area (Å²) in [6.07, 6.45) is 5.52. The van der Waals surface area contributed by atoms with Crippen LogP contribution in [-0.4, -0.2) is 36.5 Å². The molecule has 0 amide bonds. The van der Waals surface area contributed by atoms with E-state index in [0.29, 0.717) is 24.7 Å². The van der Waals surface area contributed by atoms with E-state index >= 15 is 0 Å². The highest BCUT2D eigenvalue weighted by Gasteiger charge is 2.09. The summed E-state index contributed by atoms with van der Waals surface area (Å²) in [4.78, 5) is 12.2. The van der Waals surface area contributed by atoms with E-state index in [1.54, 1.807) is 6.20 Å². The van der Waals surface area contributed by atoms with Crippen molar-refractivity contribution in [3.05, 3.63) is 83.5 Å². The predicted octanol–water partition coefficient (Wildman–Crippen LogP) is 5.51. The molecule has 0 saturated heterocycles. The number of H-pyrrole nitrogens is 1. The SMILES string of the molecule is Cc1nccc2c1[nH]c1ccc(OCc3cn(CCNc4ccnc5cc(Cl)ccc45)nn3)cc12. The van der Waals surface area contributed by atoms with Crippen molar-refractivity contribution >= 4 is 50.0 Å². The number of aromatic amines is 1. The summed E-state index contributed by atoms with van der Waals surface area (Å²) in [5, 5.41) is 15.9. The third kappa shape index (κ3) is 4.24. The molecular weight excluding hydrogens is 462 g/mol. The summed E-state index contributed by atoms with van der Waals surface area (Å²) < 4.78 is 7.83. The lowest BCUT2D eigenvalue weighted by Gasteiger charge is -2.09. The van der Waals surface area contributed by atoms with Crippen LogP contribution >= 0.6 is 11.6 Å². The van der Waals surface area contributed by atoms with Gasteiger partial charge in [0.1, 0.15) is 18.1 Å². The molecule has 35 heavy (non-hydrogen) atoms. The van der Waals surface area contributed by atoms with Crippen molar-refractivity contribution in [3.8, 4) is 5.75 Å². The molecule has 9 heteroatoms. The van der Waals surface area contributed by atoms with Crippen molar-refractivity contribution in [1.29, 1.82) is 0 Å². The lowest BCUT2D eigenvalue weighted by Crippen LogP contribution is -2.11. The third-order valence-corrected chi connectivity index (χ3v) is 6.25. The van der Waals surface area contributed by atoms with Crippen molar-refractivity contribution in [3.63, 3.8) is 0 Å². The Bertz CT molecular complexity index is 1670. The van der Waals surface area contributed by atoms with Gasteiger partial charge in [0.25, 0.3) is 0 Å². The van der Waals surface area contributed by atoms with Crippen molar-refractivity contribution < 1.29 is 4.74 Å². The quantitative estimate of drug-likeness (QED) is 0.311. The van der Waals surface area contributed by atoms with E-state index < -0.39 is 0 Å². The molecule has 0 saturated carbocycles. The van der Waals surface area contributed by atoms with Gasteiger partial charge in [-0.05, 0) is 55.5 Å².